The maximum Gasteiger partial charge on any atom is 0.322 e. The number of hydrogen-bond acceptors (Lipinski definition) is 11. The van der Waals surface area contributed by atoms with Crippen LogP contribution in [0.4, 0.5) is 10.5 Å². The molecule has 0 bridgehead atoms. The number of rotatable bonds is 23. The van der Waals surface area contributed by atoms with E-state index < -0.39 is 90.2 Å². The highest BCUT2D eigenvalue weighted by atomic mass is 16.2. The first-order valence-electron chi connectivity index (χ1n) is 19.8. The number of benzene rings is 2. The second-order valence-corrected chi connectivity index (χ2v) is 15.2. The van der Waals surface area contributed by atoms with Gasteiger partial charge in [0.15, 0.2) is 0 Å². The highest BCUT2D eigenvalue weighted by molar-refractivity contribution is 6.05. The lowest BCUT2D eigenvalue weighted by Gasteiger charge is -2.27. The molecule has 6 atom stereocenters. The summed E-state index contributed by atoms with van der Waals surface area (Å²) in [6.07, 6.45) is 1.87. The van der Waals surface area contributed by atoms with E-state index in [9.17, 15) is 43.2 Å². The summed E-state index contributed by atoms with van der Waals surface area (Å²) in [6, 6.07) is 8.95. The van der Waals surface area contributed by atoms with E-state index in [-0.39, 0.29) is 31.6 Å². The van der Waals surface area contributed by atoms with Crippen LogP contribution in [0.15, 0.2) is 54.6 Å². The number of nitrogens with one attached hydrogen (secondary N) is 8. The van der Waals surface area contributed by atoms with Crippen LogP contribution in [0.5, 0.6) is 0 Å². The highest BCUT2D eigenvalue weighted by Crippen LogP contribution is 2.14. The summed E-state index contributed by atoms with van der Waals surface area (Å²) < 4.78 is 0. The molecule has 6 unspecified atom stereocenters. The Morgan fingerprint density at radius 1 is 0.800 bits per heavy atom. The molecule has 0 saturated carbocycles. The van der Waals surface area contributed by atoms with Crippen molar-refractivity contribution >= 4 is 59.4 Å². The number of anilines is 1. The molecule has 1 fully saturated rings. The lowest BCUT2D eigenvalue weighted by molar-refractivity contribution is -0.134. The zero-order chi connectivity index (χ0) is 44.4. The summed E-state index contributed by atoms with van der Waals surface area (Å²) in [5, 5.41) is 20.4. The molecule has 19 heteroatoms. The zero-order valence-corrected chi connectivity index (χ0v) is 34.7. The first-order chi connectivity index (χ1) is 28.5. The fourth-order valence-electron chi connectivity index (χ4n) is 6.05. The number of nitrogens with zero attached hydrogens (tertiary/aromatic N) is 1. The minimum absolute atomic E-state index is 0.00843. The van der Waals surface area contributed by atoms with Crippen molar-refractivity contribution in [3.05, 3.63) is 65.7 Å². The Morgan fingerprint density at radius 2 is 1.47 bits per heavy atom. The number of aldehydes is 1. The summed E-state index contributed by atoms with van der Waals surface area (Å²) in [5.74, 6) is -4.61. The van der Waals surface area contributed by atoms with E-state index in [4.69, 9.17) is 5.73 Å². The van der Waals surface area contributed by atoms with Crippen LogP contribution in [0.2, 0.25) is 0 Å². The van der Waals surface area contributed by atoms with Crippen LogP contribution in [-0.2, 0) is 51.2 Å². The maximum atomic E-state index is 13.6. The molecule has 60 heavy (non-hydrogen) atoms. The number of carbonyl (C=O) groups is 9. The van der Waals surface area contributed by atoms with Gasteiger partial charge in [-0.15, -0.1) is 0 Å². The molecule has 2 aromatic rings. The van der Waals surface area contributed by atoms with Gasteiger partial charge in [0, 0.05) is 12.1 Å². The predicted octanol–water partition coefficient (Wildman–Crippen LogP) is -1.00. The lowest BCUT2D eigenvalue weighted by Crippen LogP contribution is -2.58. The number of unbranched alkanes of at least 4 members (excludes halogenated alkanes) is 1. The van der Waals surface area contributed by atoms with Gasteiger partial charge in [0.2, 0.25) is 41.4 Å². The number of amides is 9. The third kappa shape index (κ3) is 15.9. The Kier molecular flexibility index (Phi) is 19.3. The van der Waals surface area contributed by atoms with Crippen molar-refractivity contribution in [1.82, 2.24) is 42.1 Å². The van der Waals surface area contributed by atoms with Crippen LogP contribution < -0.4 is 48.3 Å². The quantitative estimate of drug-likeness (QED) is 0.0484. The lowest BCUT2D eigenvalue weighted by atomic mass is 10.0. The van der Waals surface area contributed by atoms with Gasteiger partial charge in [-0.1, -0.05) is 56.3 Å². The van der Waals surface area contributed by atoms with Gasteiger partial charge < -0.3 is 47.7 Å². The third-order valence-electron chi connectivity index (χ3n) is 9.77. The van der Waals surface area contributed by atoms with Crippen molar-refractivity contribution in [2.45, 2.75) is 95.5 Å². The van der Waals surface area contributed by atoms with Crippen LogP contribution >= 0.6 is 0 Å². The molecule has 0 aliphatic carbocycles. The minimum Gasteiger partial charge on any atom is -0.345 e. The second-order valence-electron chi connectivity index (χ2n) is 15.2. The topological polar surface area (TPSA) is 279 Å². The van der Waals surface area contributed by atoms with Gasteiger partial charge in [0.1, 0.15) is 30.5 Å². The molecule has 2 aromatic carbocycles. The Bertz CT molecular complexity index is 1810. The smallest absolute Gasteiger partial charge is 0.322 e. The number of hydrogen-bond donors (Lipinski definition) is 9. The molecular weight excluding hydrogens is 777 g/mol. The SMILES string of the molecule is CC(C)C(NC(=O)C(CCCCN)NC(=O)CNC(=O)C(Cc1ccc(NC(=O)C2CC(=O)NC(=O)N2)cc1)NC(=O)C(C)N(C)C)C(=O)NC(C=O)Cc1ccccc1. The molecule has 9 amide bonds. The van der Waals surface area contributed by atoms with Crippen molar-refractivity contribution in [1.29, 1.82) is 0 Å². The van der Waals surface area contributed by atoms with Crippen molar-refractivity contribution < 1.29 is 43.2 Å². The largest absolute Gasteiger partial charge is 0.345 e. The Labute approximate surface area is 349 Å². The molecule has 1 heterocycles. The molecule has 1 saturated heterocycles. The average molecular weight is 835 g/mol. The van der Waals surface area contributed by atoms with E-state index in [2.05, 4.69) is 42.5 Å². The predicted molar refractivity (Wildman–Crippen MR) is 222 cm³/mol. The van der Waals surface area contributed by atoms with Crippen molar-refractivity contribution in [3.63, 3.8) is 0 Å². The number of carbonyl (C=O) groups excluding carboxylic acids is 9. The minimum atomic E-state index is -1.14. The fraction of sp³-hybridized carbons (Fsp3) is 0.488. The second kappa shape index (κ2) is 24.0. The molecule has 0 radical (unpaired) electrons. The normalized spacial score (nSPS) is 16.2. The van der Waals surface area contributed by atoms with Gasteiger partial charge in [-0.3, -0.25) is 43.8 Å². The molecule has 3 rings (SSSR count). The van der Waals surface area contributed by atoms with Gasteiger partial charge in [0.25, 0.3) is 0 Å². The number of likely N-dealkylation sites (N-methyl/N-ethyl adjacent to an activating group) is 1. The Hall–Kier alpha value is -6.21. The zero-order valence-electron chi connectivity index (χ0n) is 34.7. The van der Waals surface area contributed by atoms with E-state index in [0.717, 1.165) is 5.56 Å². The van der Waals surface area contributed by atoms with Crippen LogP contribution in [0.3, 0.4) is 0 Å². The summed E-state index contributed by atoms with van der Waals surface area (Å²) in [5.41, 5.74) is 7.45. The van der Waals surface area contributed by atoms with Gasteiger partial charge in [0.05, 0.1) is 25.0 Å². The number of urea groups is 1. The number of imide groups is 1. The Morgan fingerprint density at radius 3 is 2.07 bits per heavy atom. The molecule has 0 aromatic heterocycles. The molecule has 19 nitrogen and oxygen atoms in total. The molecule has 0 spiro atoms. The van der Waals surface area contributed by atoms with Crippen molar-refractivity contribution in [3.8, 4) is 0 Å². The van der Waals surface area contributed by atoms with Crippen LogP contribution in [0, 0.1) is 5.92 Å². The Balaban J connectivity index is 1.67. The summed E-state index contributed by atoms with van der Waals surface area (Å²) in [6.45, 7) is 4.92. The van der Waals surface area contributed by atoms with Gasteiger partial charge in [-0.05, 0) is 82.4 Å². The molecule has 1 aliphatic rings. The van der Waals surface area contributed by atoms with E-state index in [1.54, 1.807) is 64.0 Å². The van der Waals surface area contributed by atoms with Crippen molar-refractivity contribution in [2.75, 3.05) is 32.5 Å². The van der Waals surface area contributed by atoms with Gasteiger partial charge >= 0.3 is 6.03 Å². The fourth-order valence-corrected chi connectivity index (χ4v) is 6.05. The average Bonchev–Trinajstić information content (AvgIpc) is 3.21. The van der Waals surface area contributed by atoms with Gasteiger partial charge in [-0.25, -0.2) is 4.79 Å². The van der Waals surface area contributed by atoms with E-state index in [1.165, 1.54) is 0 Å². The van der Waals surface area contributed by atoms with E-state index in [0.29, 0.717) is 36.9 Å². The van der Waals surface area contributed by atoms with E-state index in [1.807, 2.05) is 30.3 Å². The molecule has 326 valence electrons. The van der Waals surface area contributed by atoms with Crippen LogP contribution in [0.1, 0.15) is 57.6 Å². The molecule has 1 aliphatic heterocycles. The van der Waals surface area contributed by atoms with Gasteiger partial charge in [-0.2, -0.15) is 0 Å². The number of nitrogens with two attached hydrogens (primary N) is 1. The first kappa shape index (κ1) is 48.2. The highest BCUT2D eigenvalue weighted by Gasteiger charge is 2.32. The van der Waals surface area contributed by atoms with Crippen LogP contribution in [0.25, 0.3) is 0 Å². The maximum absolute atomic E-state index is 13.6. The standard InChI is InChI=1S/C41H58N10O9/c1-24(2)35(40(59)45-29(23-52)19-26-11-7-6-8-12-26)50-38(57)30(13-9-10-18-42)46-34(54)22-43-37(56)31(47-36(55)25(3)51(4)5)20-27-14-16-28(17-15-27)44-39(58)32-21-33(53)49-41(60)48-32/h6-8,11-12,14-17,23-25,29-32,35H,9-10,13,18-22,42H2,1-5H3,(H,43,56)(H,44,58)(H,45,59)(H,46,54)(H,47,55)(H,50,57)(H2,48,49,53,60). The van der Waals surface area contributed by atoms with E-state index >= 15 is 0 Å². The first-order valence-corrected chi connectivity index (χ1v) is 19.8. The molecular formula is C41H58N10O9. The summed E-state index contributed by atoms with van der Waals surface area (Å²) >= 11 is 0. The summed E-state index contributed by atoms with van der Waals surface area (Å²) in [4.78, 5) is 116. The third-order valence-corrected chi connectivity index (χ3v) is 9.77. The van der Waals surface area contributed by atoms with Crippen LogP contribution in [-0.4, -0.2) is 122 Å². The summed E-state index contributed by atoms with van der Waals surface area (Å²) in [7, 11) is 3.40. The monoisotopic (exact) mass is 834 g/mol. The van der Waals surface area contributed by atoms with Crippen molar-refractivity contribution in [2.24, 2.45) is 11.7 Å². The molecule has 10 N–H and O–H groups in total.